The second-order valence-corrected chi connectivity index (χ2v) is 11.0. The largest absolute Gasteiger partial charge is 0.395 e. The summed E-state index contributed by atoms with van der Waals surface area (Å²) in [5.74, 6) is -0.860. The number of fused-ring (bicyclic) bond motifs is 7. The van der Waals surface area contributed by atoms with Gasteiger partial charge in [-0.15, -0.1) is 34.4 Å². The van der Waals surface area contributed by atoms with E-state index in [4.69, 9.17) is 26.3 Å². The van der Waals surface area contributed by atoms with Crippen LogP contribution in [0.3, 0.4) is 0 Å². The molecule has 218 valence electrons. The van der Waals surface area contributed by atoms with Crippen molar-refractivity contribution in [3.05, 3.63) is 126 Å². The third-order valence-corrected chi connectivity index (χ3v) is 8.78. The highest BCUT2D eigenvalue weighted by Gasteiger charge is 2.39. The van der Waals surface area contributed by atoms with Crippen LogP contribution >= 0.6 is 11.3 Å². The molecular weight excluding hydrogens is 637 g/mol. The second-order valence-electron chi connectivity index (χ2n) is 9.94. The first-order chi connectivity index (χ1) is 23.9. The van der Waals surface area contributed by atoms with Crippen LogP contribution < -0.4 is 0 Å². The summed E-state index contributed by atoms with van der Waals surface area (Å²) in [6.07, 6.45) is 0. The van der Waals surface area contributed by atoms with Crippen LogP contribution in [0.2, 0.25) is 0 Å². The monoisotopic (exact) mass is 642 g/mol. The minimum absolute atomic E-state index is 0.0620. The predicted molar refractivity (Wildman–Crippen MR) is 171 cm³/mol. The Morgan fingerprint density at radius 2 is 1.02 bits per heavy atom. The van der Waals surface area contributed by atoms with Crippen LogP contribution in [-0.2, 0) is 0 Å². The average molecular weight is 643 g/mol. The van der Waals surface area contributed by atoms with E-state index in [1.54, 1.807) is 36.4 Å². The molecule has 2 aliphatic carbocycles. The van der Waals surface area contributed by atoms with Crippen LogP contribution in [-0.4, -0.2) is 29.9 Å². The Morgan fingerprint density at radius 3 is 1.41 bits per heavy atom. The predicted octanol–water partition coefficient (Wildman–Crippen LogP) is 6.66. The number of aromatic nitrogens is 6. The zero-order valence-electron chi connectivity index (χ0n) is 24.1. The molecule has 0 atom stereocenters. The van der Waals surface area contributed by atoms with Crippen molar-refractivity contribution in [3.63, 3.8) is 0 Å². The molecule has 0 amide bonds. The molecule has 0 bridgehead atoms. The minimum Gasteiger partial charge on any atom is -0.395 e. The van der Waals surface area contributed by atoms with Crippen molar-refractivity contribution in [1.29, 1.82) is 21.0 Å². The molecule has 0 unspecified atom stereocenters. The van der Waals surface area contributed by atoms with Crippen molar-refractivity contribution < 1.29 is 0 Å². The van der Waals surface area contributed by atoms with E-state index < -0.39 is 0 Å². The summed E-state index contributed by atoms with van der Waals surface area (Å²) in [5.41, 5.74) is 4.95. The topological polar surface area (TPSA) is 190 Å². The SMILES string of the molecule is [C-]#[N+]/C(C#N)=C1/c2cc(-c3nc(C#N)nc(C#N)n3)ccc2-c2c1sc1c2-c2ccc(-c3nc([N+]#[C-])nc([N+]#[C-])n3)cc2/C1=C(/C#N)[N+]#[C-]. The smallest absolute Gasteiger partial charge is 0.362 e. The maximum absolute atomic E-state index is 10.0. The molecule has 2 aliphatic rings. The Morgan fingerprint density at radius 1 is 0.571 bits per heavy atom. The fraction of sp³-hybridized carbons (Fsp3) is 0. The van der Waals surface area contributed by atoms with Crippen molar-refractivity contribution in [2.45, 2.75) is 0 Å². The molecule has 0 aliphatic heterocycles. The Labute approximate surface area is 280 Å². The maximum Gasteiger partial charge on any atom is 0.362 e. The summed E-state index contributed by atoms with van der Waals surface area (Å²) < 4.78 is 0. The number of hydrogen-bond acceptors (Lipinski definition) is 11. The van der Waals surface area contributed by atoms with Crippen LogP contribution in [0.25, 0.3) is 75.6 Å². The molecule has 0 fully saturated rings. The summed E-state index contributed by atoms with van der Waals surface area (Å²) in [4.78, 5) is 38.9. The normalized spacial score (nSPS) is 13.2. The number of nitrogens with zero attached hydrogens (tertiary/aromatic N) is 14. The molecule has 0 saturated carbocycles. The molecule has 14 nitrogen and oxygen atoms in total. The van der Waals surface area contributed by atoms with E-state index in [0.29, 0.717) is 65.4 Å². The van der Waals surface area contributed by atoms with Gasteiger partial charge in [-0.25, -0.2) is 20.2 Å². The molecule has 5 aromatic rings. The quantitative estimate of drug-likeness (QED) is 0.145. The van der Waals surface area contributed by atoms with Gasteiger partial charge in [0.1, 0.15) is 12.1 Å². The lowest BCUT2D eigenvalue weighted by molar-refractivity contribution is 0.996. The average Bonchev–Trinajstić information content (AvgIpc) is 3.78. The van der Waals surface area contributed by atoms with Gasteiger partial charge in [-0.3, -0.25) is 0 Å². The zero-order chi connectivity index (χ0) is 34.4. The van der Waals surface area contributed by atoms with Gasteiger partial charge in [0.15, 0.2) is 5.82 Å². The lowest BCUT2D eigenvalue weighted by Gasteiger charge is -2.08. The molecule has 15 heteroatoms. The Balaban J connectivity index is 1.51. The van der Waals surface area contributed by atoms with E-state index in [2.05, 4.69) is 49.3 Å². The zero-order valence-corrected chi connectivity index (χ0v) is 24.9. The molecular formula is C34H6N14S. The van der Waals surface area contributed by atoms with Crippen molar-refractivity contribution in [3.8, 4) is 69.3 Å². The minimum atomic E-state index is -0.253. The molecule has 49 heavy (non-hydrogen) atoms. The van der Waals surface area contributed by atoms with Gasteiger partial charge in [0.25, 0.3) is 17.2 Å². The Kier molecular flexibility index (Phi) is 6.68. The fourth-order valence-electron chi connectivity index (χ4n) is 5.69. The van der Waals surface area contributed by atoms with Crippen molar-refractivity contribution >= 4 is 34.4 Å². The van der Waals surface area contributed by atoms with E-state index in [-0.39, 0.29) is 46.6 Å². The summed E-state index contributed by atoms with van der Waals surface area (Å²) in [6.45, 7) is 30.2. The molecule has 7 rings (SSSR count). The molecule has 3 heterocycles. The summed E-state index contributed by atoms with van der Waals surface area (Å²) in [6, 6.07) is 17.9. The molecule has 3 aromatic heterocycles. The van der Waals surface area contributed by atoms with Crippen LogP contribution in [0.4, 0.5) is 11.9 Å². The first kappa shape index (κ1) is 29.3. The highest BCUT2D eigenvalue weighted by atomic mass is 32.1. The summed E-state index contributed by atoms with van der Waals surface area (Å²) in [7, 11) is 0. The van der Waals surface area contributed by atoms with Gasteiger partial charge < -0.3 is 9.69 Å². The Bertz CT molecular complexity index is 2530. The number of rotatable bonds is 2. The lowest BCUT2D eigenvalue weighted by atomic mass is 9.96. The standard InChI is InChI=1S/C34H6N14S/c1-39-21(11-35)25-19-9-15(31-44-23(13-37)43-24(14-38)45-31)5-7-17(19)27-28-18-8-6-16(32-46-33(41-3)48-34(42-4)47-32)10-20(18)26(22(12-36)40-2)30(28)49-29(25)27/h5-10H/b25-21-,26-22+. The van der Waals surface area contributed by atoms with Crippen LogP contribution in [0, 0.1) is 71.6 Å². The van der Waals surface area contributed by atoms with Crippen LogP contribution in [0.15, 0.2) is 47.8 Å². The van der Waals surface area contributed by atoms with Gasteiger partial charge in [-0.2, -0.15) is 30.5 Å². The fourth-order valence-corrected chi connectivity index (χ4v) is 7.14. The highest BCUT2D eigenvalue weighted by molar-refractivity contribution is 7.16. The molecule has 0 spiro atoms. The number of thiophene rings is 1. The van der Waals surface area contributed by atoms with Crippen molar-refractivity contribution in [1.82, 2.24) is 29.9 Å². The van der Waals surface area contributed by atoms with Gasteiger partial charge in [0, 0.05) is 37.6 Å². The van der Waals surface area contributed by atoms with Gasteiger partial charge >= 0.3 is 11.9 Å². The summed E-state index contributed by atoms with van der Waals surface area (Å²) in [5, 5.41) is 38.8. The third-order valence-electron chi connectivity index (χ3n) is 7.55. The van der Waals surface area contributed by atoms with Crippen molar-refractivity contribution in [2.24, 2.45) is 0 Å². The Hall–Kier alpha value is -8.44. The van der Waals surface area contributed by atoms with E-state index >= 15 is 0 Å². The van der Waals surface area contributed by atoms with E-state index in [9.17, 15) is 21.0 Å². The van der Waals surface area contributed by atoms with Crippen molar-refractivity contribution in [2.75, 3.05) is 0 Å². The van der Waals surface area contributed by atoms with Gasteiger partial charge in [0.2, 0.25) is 11.6 Å². The van der Waals surface area contributed by atoms with E-state index in [1.165, 1.54) is 11.3 Å². The highest BCUT2D eigenvalue weighted by Crippen LogP contribution is 2.61. The molecule has 0 N–H and O–H groups in total. The van der Waals surface area contributed by atoms with Gasteiger partial charge in [0.05, 0.1) is 30.8 Å². The van der Waals surface area contributed by atoms with Crippen LogP contribution in [0.1, 0.15) is 32.5 Å². The molecule has 0 radical (unpaired) electrons. The summed E-state index contributed by atoms with van der Waals surface area (Å²) >= 11 is 1.23. The molecule has 2 aromatic carbocycles. The first-order valence-electron chi connectivity index (χ1n) is 13.5. The number of nitriles is 4. The second kappa shape index (κ2) is 11.2. The van der Waals surface area contributed by atoms with E-state index in [1.807, 2.05) is 24.3 Å². The maximum atomic E-state index is 10.0. The number of hydrogen-bond donors (Lipinski definition) is 0. The van der Waals surface area contributed by atoms with Gasteiger partial charge in [-0.1, -0.05) is 18.2 Å². The van der Waals surface area contributed by atoms with Crippen LogP contribution in [0.5, 0.6) is 0 Å². The number of allylic oxidation sites excluding steroid dienone is 2. The van der Waals surface area contributed by atoms with Gasteiger partial charge in [-0.05, 0) is 40.5 Å². The number of benzene rings is 2. The third kappa shape index (κ3) is 4.33. The van der Waals surface area contributed by atoms with E-state index in [0.717, 1.165) is 0 Å². The lowest BCUT2D eigenvalue weighted by Crippen LogP contribution is -2.00. The molecule has 0 saturated heterocycles. The first-order valence-corrected chi connectivity index (χ1v) is 14.3.